The molecule has 0 unspecified atom stereocenters. The van der Waals surface area contributed by atoms with Gasteiger partial charge in [-0.25, -0.2) is 0 Å². The minimum atomic E-state index is -0.868. The van der Waals surface area contributed by atoms with Gasteiger partial charge in [0, 0.05) is 9.72 Å². The van der Waals surface area contributed by atoms with Crippen LogP contribution in [0.3, 0.4) is 0 Å². The molecule has 0 aromatic heterocycles. The average molecular weight is 136 g/mol. The molecule has 2 N–H and O–H groups in total. The zero-order chi connectivity index (χ0) is 7.28. The van der Waals surface area contributed by atoms with Crippen molar-refractivity contribution in [2.24, 2.45) is 10.6 Å². The van der Waals surface area contributed by atoms with Crippen LogP contribution >= 0.6 is 0 Å². The van der Waals surface area contributed by atoms with Crippen LogP contribution in [0.2, 0.25) is 0 Å². The van der Waals surface area contributed by atoms with Crippen LogP contribution in [0.15, 0.2) is 10.6 Å². The topological polar surface area (TPSA) is 117 Å². The highest BCUT2D eigenvalue weighted by atomic mass is 16.6. The fourth-order valence-corrected chi connectivity index (χ4v) is 0.160. The standard InChI is InChI=1S/CH4N4O4/c6-2-4(8)1-5(9)3-7/h6-7H,1H2. The van der Waals surface area contributed by atoms with Crippen molar-refractivity contribution >= 4 is 0 Å². The largest absolute Gasteiger partial charge is 0.592 e. The third-order valence-electron chi connectivity index (χ3n) is 0.441. The minimum absolute atomic E-state index is 0.354. The Balaban J connectivity index is 3.75. The van der Waals surface area contributed by atoms with Gasteiger partial charge in [0.05, 0.1) is 0 Å². The highest BCUT2D eigenvalue weighted by Gasteiger charge is 2.01. The molecule has 0 aromatic carbocycles. The summed E-state index contributed by atoms with van der Waals surface area (Å²) in [6, 6.07) is 0. The monoisotopic (exact) mass is 136 g/mol. The SMILES string of the molecule is [O-][N+](C[N+]([O-])=NO)=NO. The van der Waals surface area contributed by atoms with Gasteiger partial charge in [0.25, 0.3) is 0 Å². The third kappa shape index (κ3) is 3.02. The first-order valence-electron chi connectivity index (χ1n) is 1.80. The molecule has 0 bridgehead atoms. The molecule has 0 amide bonds. The van der Waals surface area contributed by atoms with Crippen molar-refractivity contribution in [3.8, 4) is 0 Å². The fraction of sp³-hybridized carbons (Fsp3) is 1.00. The first kappa shape index (κ1) is 7.40. The maximum Gasteiger partial charge on any atom is 0.408 e. The van der Waals surface area contributed by atoms with Crippen LogP contribution < -0.4 is 0 Å². The van der Waals surface area contributed by atoms with E-state index in [4.69, 9.17) is 10.4 Å². The number of rotatable bonds is 2. The summed E-state index contributed by atoms with van der Waals surface area (Å²) < 4.78 is 0. The van der Waals surface area contributed by atoms with Gasteiger partial charge in [-0.3, -0.25) is 0 Å². The first-order chi connectivity index (χ1) is 4.20. The Labute approximate surface area is 49.0 Å². The van der Waals surface area contributed by atoms with Crippen LogP contribution in [-0.4, -0.2) is 26.8 Å². The fourth-order valence-electron chi connectivity index (χ4n) is 0.160. The zero-order valence-corrected chi connectivity index (χ0v) is 4.21. The van der Waals surface area contributed by atoms with Crippen LogP contribution in [-0.2, 0) is 0 Å². The van der Waals surface area contributed by atoms with E-state index in [0.29, 0.717) is 0 Å². The lowest BCUT2D eigenvalue weighted by molar-refractivity contribution is -0.749. The van der Waals surface area contributed by atoms with Crippen LogP contribution in [0, 0.1) is 10.4 Å². The number of nitrogens with zero attached hydrogens (tertiary/aromatic N) is 4. The van der Waals surface area contributed by atoms with Gasteiger partial charge in [-0.2, -0.15) is 0 Å². The summed E-state index contributed by atoms with van der Waals surface area (Å²) >= 11 is 0. The predicted octanol–water partition coefficient (Wildman–Crippen LogP) is -0.353. The van der Waals surface area contributed by atoms with E-state index in [1.54, 1.807) is 0 Å². The minimum Gasteiger partial charge on any atom is -0.592 e. The van der Waals surface area contributed by atoms with Gasteiger partial charge in [-0.05, 0) is 0 Å². The van der Waals surface area contributed by atoms with Crippen molar-refractivity contribution in [1.29, 1.82) is 0 Å². The lowest BCUT2D eigenvalue weighted by atomic mass is 11.2. The molecule has 0 saturated heterocycles. The normalized spacial score (nSPS) is 13.8. The summed E-state index contributed by atoms with van der Waals surface area (Å²) in [6.45, 7) is -0.868. The number of hydroxylamine groups is 2. The molecule has 8 heteroatoms. The Kier molecular flexibility index (Phi) is 2.80. The van der Waals surface area contributed by atoms with Gasteiger partial charge in [-0.15, -0.1) is 0 Å². The molecule has 0 rings (SSSR count). The summed E-state index contributed by atoms with van der Waals surface area (Å²) in [5, 5.41) is 39.1. The van der Waals surface area contributed by atoms with E-state index < -0.39 is 6.67 Å². The molecule has 9 heavy (non-hydrogen) atoms. The molecule has 0 atom stereocenters. The predicted molar refractivity (Wildman–Crippen MR) is 20.6 cm³/mol. The Bertz CT molecular complexity index is 124. The number of hydrogen-bond acceptors (Lipinski definition) is 4. The summed E-state index contributed by atoms with van der Waals surface area (Å²) in [7, 11) is 0. The smallest absolute Gasteiger partial charge is 0.408 e. The first-order valence-corrected chi connectivity index (χ1v) is 1.80. The third-order valence-corrected chi connectivity index (χ3v) is 0.441. The molecular formula is CH4N4O4. The molecule has 0 fully saturated rings. The van der Waals surface area contributed by atoms with Gasteiger partial charge < -0.3 is 20.8 Å². The van der Waals surface area contributed by atoms with Gasteiger partial charge >= 0.3 is 6.67 Å². The Morgan fingerprint density at radius 3 is 1.67 bits per heavy atom. The van der Waals surface area contributed by atoms with Crippen LogP contribution in [0.25, 0.3) is 0 Å². The number of hydrogen-bond donors (Lipinski definition) is 2. The van der Waals surface area contributed by atoms with Crippen molar-refractivity contribution in [2.45, 2.75) is 0 Å². The highest BCUT2D eigenvalue weighted by Crippen LogP contribution is 1.75. The van der Waals surface area contributed by atoms with Crippen molar-refractivity contribution < 1.29 is 20.1 Å². The molecule has 0 aliphatic carbocycles. The van der Waals surface area contributed by atoms with Crippen LogP contribution in [0.5, 0.6) is 0 Å². The average Bonchev–Trinajstić information content (AvgIpc) is 1.87. The van der Waals surface area contributed by atoms with E-state index >= 15 is 0 Å². The van der Waals surface area contributed by atoms with E-state index in [-0.39, 0.29) is 9.72 Å². The molecule has 0 spiro atoms. The molecular weight excluding hydrogens is 132 g/mol. The summed E-state index contributed by atoms with van der Waals surface area (Å²) in [5.41, 5.74) is 0. The summed E-state index contributed by atoms with van der Waals surface area (Å²) in [4.78, 5) is -0.709. The Hall–Kier alpha value is -1.60. The van der Waals surface area contributed by atoms with Gasteiger partial charge in [0.2, 0.25) is 10.6 Å². The van der Waals surface area contributed by atoms with E-state index in [2.05, 4.69) is 0 Å². The van der Waals surface area contributed by atoms with Gasteiger partial charge in [-0.1, -0.05) is 0 Å². The van der Waals surface area contributed by atoms with Crippen LogP contribution in [0.1, 0.15) is 0 Å². The maximum atomic E-state index is 9.87. The van der Waals surface area contributed by atoms with E-state index in [9.17, 15) is 10.4 Å². The lowest BCUT2D eigenvalue weighted by Gasteiger charge is -1.93. The van der Waals surface area contributed by atoms with Crippen LogP contribution in [0.4, 0.5) is 0 Å². The molecule has 0 aromatic rings. The second-order valence-electron chi connectivity index (χ2n) is 1.02. The van der Waals surface area contributed by atoms with Crippen molar-refractivity contribution in [3.05, 3.63) is 10.4 Å². The Morgan fingerprint density at radius 2 is 1.44 bits per heavy atom. The molecule has 0 saturated carbocycles. The quantitative estimate of drug-likeness (QED) is 0.233. The Morgan fingerprint density at radius 1 is 1.11 bits per heavy atom. The molecule has 0 aliphatic heterocycles. The summed E-state index contributed by atoms with van der Waals surface area (Å²) in [6.07, 6.45) is 0. The van der Waals surface area contributed by atoms with Crippen molar-refractivity contribution in [2.75, 3.05) is 6.67 Å². The maximum absolute atomic E-state index is 9.87. The second-order valence-corrected chi connectivity index (χ2v) is 1.02. The molecule has 0 radical (unpaired) electrons. The van der Waals surface area contributed by atoms with E-state index in [1.807, 2.05) is 10.6 Å². The van der Waals surface area contributed by atoms with Crippen molar-refractivity contribution in [3.63, 3.8) is 0 Å². The van der Waals surface area contributed by atoms with Gasteiger partial charge in [0.15, 0.2) is 0 Å². The zero-order valence-electron chi connectivity index (χ0n) is 4.21. The second kappa shape index (κ2) is 3.41. The van der Waals surface area contributed by atoms with E-state index in [0.717, 1.165) is 0 Å². The van der Waals surface area contributed by atoms with E-state index in [1.165, 1.54) is 0 Å². The molecule has 52 valence electrons. The molecule has 8 nitrogen and oxygen atoms in total. The summed E-state index contributed by atoms with van der Waals surface area (Å²) in [5.74, 6) is 0. The molecule has 0 aliphatic rings. The van der Waals surface area contributed by atoms with Crippen molar-refractivity contribution in [1.82, 2.24) is 0 Å². The molecule has 0 heterocycles. The highest BCUT2D eigenvalue weighted by molar-refractivity contribution is 3.97. The lowest BCUT2D eigenvalue weighted by Crippen LogP contribution is -2.13. The van der Waals surface area contributed by atoms with Gasteiger partial charge in [0.1, 0.15) is 0 Å².